The maximum absolute atomic E-state index is 6.02. The van der Waals surface area contributed by atoms with Crippen molar-refractivity contribution in [3.05, 3.63) is 23.2 Å². The monoisotopic (exact) mass is 245 g/mol. The van der Waals surface area contributed by atoms with Gasteiger partial charge in [-0.1, -0.05) is 11.6 Å². The third-order valence-electron chi connectivity index (χ3n) is 1.75. The van der Waals surface area contributed by atoms with Gasteiger partial charge in [0.15, 0.2) is 0 Å². The van der Waals surface area contributed by atoms with E-state index in [1.54, 1.807) is 17.8 Å². The Morgan fingerprint density at radius 2 is 2.20 bits per heavy atom. The predicted octanol–water partition coefficient (Wildman–Crippen LogP) is 3.44. The van der Waals surface area contributed by atoms with Gasteiger partial charge < -0.3 is 10.5 Å². The highest BCUT2D eigenvalue weighted by Crippen LogP contribution is 2.28. The van der Waals surface area contributed by atoms with Crippen molar-refractivity contribution >= 4 is 29.1 Å². The molecule has 0 radical (unpaired) electrons. The van der Waals surface area contributed by atoms with E-state index in [4.69, 9.17) is 22.1 Å². The zero-order chi connectivity index (χ0) is 11.3. The number of nitrogen functional groups attached to an aromatic ring is 1. The van der Waals surface area contributed by atoms with E-state index in [-0.39, 0.29) is 6.10 Å². The molecule has 0 aliphatic rings. The molecule has 0 fully saturated rings. The summed E-state index contributed by atoms with van der Waals surface area (Å²) in [5.74, 6) is 0.890. The second-order valence-corrected chi connectivity index (χ2v) is 5.00. The minimum Gasteiger partial charge on any atom is -0.399 e. The third kappa shape index (κ3) is 4.78. The molecule has 0 saturated heterocycles. The molecule has 1 aromatic carbocycles. The van der Waals surface area contributed by atoms with Crippen molar-refractivity contribution in [1.29, 1.82) is 0 Å². The maximum Gasteiger partial charge on any atom is 0.0563 e. The molecule has 0 heterocycles. The molecule has 0 aliphatic carbocycles. The van der Waals surface area contributed by atoms with E-state index in [1.165, 1.54) is 0 Å². The van der Waals surface area contributed by atoms with E-state index in [2.05, 4.69) is 0 Å². The van der Waals surface area contributed by atoms with Crippen LogP contribution >= 0.6 is 23.4 Å². The zero-order valence-corrected chi connectivity index (χ0v) is 10.6. The fourth-order valence-corrected chi connectivity index (χ4v) is 2.17. The summed E-state index contributed by atoms with van der Waals surface area (Å²) in [5.41, 5.74) is 6.42. The topological polar surface area (TPSA) is 35.2 Å². The Hall–Kier alpha value is -0.380. The molecule has 0 unspecified atom stereocenters. The van der Waals surface area contributed by atoms with Gasteiger partial charge in [-0.2, -0.15) is 0 Å². The summed E-state index contributed by atoms with van der Waals surface area (Å²) in [6.45, 7) is 4.78. The van der Waals surface area contributed by atoms with Crippen LogP contribution in [-0.2, 0) is 4.74 Å². The molecule has 2 N–H and O–H groups in total. The molecule has 2 nitrogen and oxygen atoms in total. The number of thioether (sulfide) groups is 1. The van der Waals surface area contributed by atoms with Gasteiger partial charge in [0.05, 0.1) is 17.7 Å². The number of benzene rings is 1. The Labute approximate surface area is 100 Å². The Morgan fingerprint density at radius 3 is 2.87 bits per heavy atom. The van der Waals surface area contributed by atoms with Gasteiger partial charge in [0.1, 0.15) is 0 Å². The number of hydrogen-bond acceptors (Lipinski definition) is 3. The third-order valence-corrected chi connectivity index (χ3v) is 3.21. The van der Waals surface area contributed by atoms with Gasteiger partial charge in [0.25, 0.3) is 0 Å². The van der Waals surface area contributed by atoms with Gasteiger partial charge in [-0.05, 0) is 32.0 Å². The number of halogens is 1. The summed E-state index contributed by atoms with van der Waals surface area (Å²) in [4.78, 5) is 1.02. The first-order chi connectivity index (χ1) is 7.09. The van der Waals surface area contributed by atoms with Gasteiger partial charge >= 0.3 is 0 Å². The lowest BCUT2D eigenvalue weighted by Gasteiger charge is -2.08. The summed E-state index contributed by atoms with van der Waals surface area (Å²) in [6.07, 6.45) is 0.280. The minimum atomic E-state index is 0.280. The van der Waals surface area contributed by atoms with Crippen LogP contribution in [0, 0.1) is 0 Å². The van der Waals surface area contributed by atoms with Crippen LogP contribution in [0.1, 0.15) is 13.8 Å². The first-order valence-electron chi connectivity index (χ1n) is 4.89. The lowest BCUT2D eigenvalue weighted by molar-refractivity contribution is 0.0920. The van der Waals surface area contributed by atoms with Gasteiger partial charge in [0.2, 0.25) is 0 Å². The average Bonchev–Trinajstić information content (AvgIpc) is 2.17. The summed E-state index contributed by atoms with van der Waals surface area (Å²) >= 11 is 7.69. The van der Waals surface area contributed by atoms with Crippen LogP contribution in [0.15, 0.2) is 23.1 Å². The summed E-state index contributed by atoms with van der Waals surface area (Å²) < 4.78 is 5.44. The molecule has 0 aliphatic heterocycles. The Bertz CT molecular complexity index is 317. The fraction of sp³-hybridized carbons (Fsp3) is 0.455. The Morgan fingerprint density at radius 1 is 1.47 bits per heavy atom. The van der Waals surface area contributed by atoms with E-state index < -0.39 is 0 Å². The molecule has 0 amide bonds. The molecule has 4 heteroatoms. The van der Waals surface area contributed by atoms with Crippen molar-refractivity contribution in [2.45, 2.75) is 24.8 Å². The average molecular weight is 246 g/mol. The van der Waals surface area contributed by atoms with E-state index in [0.29, 0.717) is 0 Å². The molecular formula is C11H16ClNOS. The smallest absolute Gasteiger partial charge is 0.0563 e. The molecule has 0 saturated carbocycles. The van der Waals surface area contributed by atoms with Crippen LogP contribution in [0.3, 0.4) is 0 Å². The highest BCUT2D eigenvalue weighted by molar-refractivity contribution is 7.99. The fourth-order valence-electron chi connectivity index (χ4n) is 1.07. The zero-order valence-electron chi connectivity index (χ0n) is 9.00. The minimum absolute atomic E-state index is 0.280. The normalized spacial score (nSPS) is 10.9. The van der Waals surface area contributed by atoms with Gasteiger partial charge in [0, 0.05) is 16.3 Å². The lowest BCUT2D eigenvalue weighted by atomic mass is 10.3. The van der Waals surface area contributed by atoms with Crippen LogP contribution < -0.4 is 5.73 Å². The number of anilines is 1. The largest absolute Gasteiger partial charge is 0.399 e. The quantitative estimate of drug-likeness (QED) is 0.490. The van der Waals surface area contributed by atoms with E-state index in [1.807, 2.05) is 26.0 Å². The summed E-state index contributed by atoms with van der Waals surface area (Å²) in [5, 5.41) is 0.749. The predicted molar refractivity (Wildman–Crippen MR) is 67.7 cm³/mol. The molecule has 1 rings (SSSR count). The van der Waals surface area contributed by atoms with E-state index in [9.17, 15) is 0 Å². The van der Waals surface area contributed by atoms with Gasteiger partial charge in [-0.25, -0.2) is 0 Å². The van der Waals surface area contributed by atoms with E-state index in [0.717, 1.165) is 28.0 Å². The highest BCUT2D eigenvalue weighted by Gasteiger charge is 2.01. The second kappa shape index (κ2) is 6.26. The van der Waals surface area contributed by atoms with Crippen LogP contribution in [-0.4, -0.2) is 18.5 Å². The van der Waals surface area contributed by atoms with Crippen LogP contribution in [0.25, 0.3) is 0 Å². The SMILES string of the molecule is CC(C)OCCSc1cc(N)ccc1Cl. The van der Waals surface area contributed by atoms with E-state index >= 15 is 0 Å². The van der Waals surface area contributed by atoms with Gasteiger partial charge in [-0.3, -0.25) is 0 Å². The highest BCUT2D eigenvalue weighted by atomic mass is 35.5. The van der Waals surface area contributed by atoms with Crippen LogP contribution in [0.2, 0.25) is 5.02 Å². The lowest BCUT2D eigenvalue weighted by Crippen LogP contribution is -2.05. The van der Waals surface area contributed by atoms with Crippen molar-refractivity contribution in [2.24, 2.45) is 0 Å². The van der Waals surface area contributed by atoms with Crippen LogP contribution in [0.5, 0.6) is 0 Å². The molecule has 0 aromatic heterocycles. The molecule has 15 heavy (non-hydrogen) atoms. The first-order valence-corrected chi connectivity index (χ1v) is 6.25. The molecular weight excluding hydrogens is 230 g/mol. The maximum atomic E-state index is 6.02. The van der Waals surface area contributed by atoms with Crippen molar-refractivity contribution < 1.29 is 4.74 Å². The van der Waals surface area contributed by atoms with Crippen molar-refractivity contribution in [3.63, 3.8) is 0 Å². The molecule has 1 aromatic rings. The van der Waals surface area contributed by atoms with Crippen LogP contribution in [0.4, 0.5) is 5.69 Å². The molecule has 0 spiro atoms. The standard InChI is InChI=1S/C11H16ClNOS/c1-8(2)14-5-6-15-11-7-9(13)3-4-10(11)12/h3-4,7-8H,5-6,13H2,1-2H3. The number of rotatable bonds is 5. The molecule has 0 atom stereocenters. The Balaban J connectivity index is 2.40. The van der Waals surface area contributed by atoms with Gasteiger partial charge in [-0.15, -0.1) is 11.8 Å². The van der Waals surface area contributed by atoms with Crippen molar-refractivity contribution in [3.8, 4) is 0 Å². The first kappa shape index (κ1) is 12.7. The summed E-state index contributed by atoms with van der Waals surface area (Å²) in [7, 11) is 0. The molecule has 84 valence electrons. The van der Waals surface area contributed by atoms with Crippen molar-refractivity contribution in [2.75, 3.05) is 18.1 Å². The number of hydrogen-bond donors (Lipinski definition) is 1. The summed E-state index contributed by atoms with van der Waals surface area (Å²) in [6, 6.07) is 5.52. The second-order valence-electron chi connectivity index (χ2n) is 3.46. The number of ether oxygens (including phenoxy) is 1. The number of nitrogens with two attached hydrogens (primary N) is 1. The Kier molecular flexibility index (Phi) is 5.29. The van der Waals surface area contributed by atoms with Crippen molar-refractivity contribution in [1.82, 2.24) is 0 Å². The molecule has 0 bridgehead atoms.